The number of hydrogen-bond donors (Lipinski definition) is 1. The lowest BCUT2D eigenvalue weighted by atomic mass is 10.0. The molecule has 1 aromatic heterocycles. The highest BCUT2D eigenvalue weighted by atomic mass is 16.5. The molecule has 0 atom stereocenters. The van der Waals surface area contributed by atoms with Gasteiger partial charge in [0.2, 0.25) is 0 Å². The third kappa shape index (κ3) is 2.96. The minimum Gasteiger partial charge on any atom is -0.378 e. The van der Waals surface area contributed by atoms with Gasteiger partial charge in [-0.05, 0) is 25.5 Å². The van der Waals surface area contributed by atoms with E-state index in [1.54, 1.807) is 0 Å². The Morgan fingerprint density at radius 1 is 1.47 bits per heavy atom. The van der Waals surface area contributed by atoms with Gasteiger partial charge in [-0.1, -0.05) is 6.07 Å². The maximum Gasteiger partial charge on any atom is 0.125 e. The maximum atomic E-state index is 5.52. The lowest BCUT2D eigenvalue weighted by molar-refractivity contribution is -0.0553. The topological polar surface area (TPSA) is 37.4 Å². The first-order chi connectivity index (χ1) is 8.12. The van der Waals surface area contributed by atoms with Crippen molar-refractivity contribution in [2.75, 3.05) is 32.1 Å². The van der Waals surface area contributed by atoms with E-state index in [0.717, 1.165) is 32.1 Å². The minimum atomic E-state index is 0.111. The summed E-state index contributed by atoms with van der Waals surface area (Å²) in [6.07, 6.45) is 1.94. The summed E-state index contributed by atoms with van der Waals surface area (Å²) < 4.78 is 5.52. The van der Waals surface area contributed by atoms with Crippen molar-refractivity contribution in [1.29, 1.82) is 0 Å². The van der Waals surface area contributed by atoms with E-state index in [9.17, 15) is 0 Å². The van der Waals surface area contributed by atoms with Gasteiger partial charge in [0.15, 0.2) is 0 Å². The van der Waals surface area contributed by atoms with Gasteiger partial charge in [-0.25, -0.2) is 4.98 Å². The van der Waals surface area contributed by atoms with Gasteiger partial charge in [-0.3, -0.25) is 4.90 Å². The van der Waals surface area contributed by atoms with Crippen LogP contribution < -0.4 is 5.32 Å². The molecule has 0 saturated carbocycles. The molecule has 17 heavy (non-hydrogen) atoms. The average Bonchev–Trinajstić information content (AvgIpc) is 2.33. The highest BCUT2D eigenvalue weighted by Gasteiger charge is 2.30. The Morgan fingerprint density at radius 3 is 2.88 bits per heavy atom. The highest BCUT2D eigenvalue weighted by molar-refractivity contribution is 5.34. The number of anilines is 1. The summed E-state index contributed by atoms with van der Waals surface area (Å²) in [4.78, 5) is 6.79. The van der Waals surface area contributed by atoms with Crippen LogP contribution in [0.1, 0.15) is 19.4 Å². The minimum absolute atomic E-state index is 0.111. The molecule has 4 nitrogen and oxygen atoms in total. The monoisotopic (exact) mass is 235 g/mol. The first-order valence-electron chi connectivity index (χ1n) is 6.07. The van der Waals surface area contributed by atoms with Crippen molar-refractivity contribution in [2.45, 2.75) is 25.9 Å². The second kappa shape index (κ2) is 5.02. The second-order valence-corrected chi connectivity index (χ2v) is 5.09. The number of rotatable bonds is 3. The molecular weight excluding hydrogens is 214 g/mol. The van der Waals surface area contributed by atoms with Crippen LogP contribution in [0.15, 0.2) is 18.3 Å². The first-order valence-corrected chi connectivity index (χ1v) is 6.07. The van der Waals surface area contributed by atoms with Crippen molar-refractivity contribution in [2.24, 2.45) is 0 Å². The number of hydrogen-bond acceptors (Lipinski definition) is 4. The fraction of sp³-hybridized carbons (Fsp3) is 0.615. The van der Waals surface area contributed by atoms with E-state index in [2.05, 4.69) is 35.1 Å². The van der Waals surface area contributed by atoms with Crippen molar-refractivity contribution in [3.63, 3.8) is 0 Å². The predicted octanol–water partition coefficient (Wildman–Crippen LogP) is 1.73. The Morgan fingerprint density at radius 2 is 2.29 bits per heavy atom. The summed E-state index contributed by atoms with van der Waals surface area (Å²) in [6.45, 7) is 8.00. The summed E-state index contributed by atoms with van der Waals surface area (Å²) in [5, 5.41) is 3.03. The molecule has 0 amide bonds. The molecule has 0 bridgehead atoms. The second-order valence-electron chi connectivity index (χ2n) is 5.09. The van der Waals surface area contributed by atoms with Crippen molar-refractivity contribution >= 4 is 5.82 Å². The molecule has 2 rings (SSSR count). The SMILES string of the molecule is CNc1ccc(CN2CCOCC2(C)C)cn1. The van der Waals surface area contributed by atoms with Crippen LogP contribution in [0.5, 0.6) is 0 Å². The van der Waals surface area contributed by atoms with Crippen molar-refractivity contribution in [1.82, 2.24) is 9.88 Å². The Kier molecular flexibility index (Phi) is 3.64. The van der Waals surface area contributed by atoms with E-state index in [1.165, 1.54) is 5.56 Å². The predicted molar refractivity (Wildman–Crippen MR) is 69.1 cm³/mol. The van der Waals surface area contributed by atoms with Crippen molar-refractivity contribution < 1.29 is 4.74 Å². The third-order valence-corrected chi connectivity index (χ3v) is 3.27. The van der Waals surface area contributed by atoms with Crippen LogP contribution in [0.4, 0.5) is 5.82 Å². The molecule has 0 aliphatic carbocycles. The summed E-state index contributed by atoms with van der Waals surface area (Å²) in [5.74, 6) is 0.912. The Balaban J connectivity index is 2.03. The molecule has 0 aromatic carbocycles. The van der Waals surface area contributed by atoms with E-state index in [4.69, 9.17) is 4.74 Å². The standard InChI is InChI=1S/C13H21N3O/c1-13(2)10-17-7-6-16(13)9-11-4-5-12(14-3)15-8-11/h4-5,8H,6-7,9-10H2,1-3H3,(H,14,15). The van der Waals surface area contributed by atoms with Gasteiger partial charge in [0, 0.05) is 31.9 Å². The molecule has 0 radical (unpaired) electrons. The van der Waals surface area contributed by atoms with Crippen molar-refractivity contribution in [3.8, 4) is 0 Å². The summed E-state index contributed by atoms with van der Waals surface area (Å²) >= 11 is 0. The molecule has 4 heteroatoms. The lowest BCUT2D eigenvalue weighted by Gasteiger charge is -2.42. The Labute approximate surface area is 103 Å². The number of ether oxygens (including phenoxy) is 1. The van der Waals surface area contributed by atoms with Gasteiger partial charge in [0.05, 0.1) is 13.2 Å². The molecule has 1 N–H and O–H groups in total. The number of aromatic nitrogens is 1. The fourth-order valence-electron chi connectivity index (χ4n) is 2.07. The molecular formula is C13H21N3O. The van der Waals surface area contributed by atoms with E-state index in [-0.39, 0.29) is 5.54 Å². The first kappa shape index (κ1) is 12.3. The maximum absolute atomic E-state index is 5.52. The van der Waals surface area contributed by atoms with Gasteiger partial charge in [-0.15, -0.1) is 0 Å². The third-order valence-electron chi connectivity index (χ3n) is 3.27. The zero-order valence-corrected chi connectivity index (χ0v) is 10.9. The lowest BCUT2D eigenvalue weighted by Crippen LogP contribution is -2.52. The summed E-state index contributed by atoms with van der Waals surface area (Å²) in [5.41, 5.74) is 1.36. The van der Waals surface area contributed by atoms with Crippen LogP contribution in [0.3, 0.4) is 0 Å². The van der Waals surface area contributed by atoms with Crippen LogP contribution in [0.25, 0.3) is 0 Å². The Bertz CT molecular complexity index is 361. The normalized spacial score (nSPS) is 20.2. The number of nitrogens with zero attached hydrogens (tertiary/aromatic N) is 2. The molecule has 1 aliphatic heterocycles. The van der Waals surface area contributed by atoms with E-state index >= 15 is 0 Å². The van der Waals surface area contributed by atoms with Crippen molar-refractivity contribution in [3.05, 3.63) is 23.9 Å². The molecule has 94 valence electrons. The van der Waals surface area contributed by atoms with Gasteiger partial charge < -0.3 is 10.1 Å². The number of nitrogens with one attached hydrogen (secondary N) is 1. The zero-order valence-electron chi connectivity index (χ0n) is 10.9. The highest BCUT2D eigenvalue weighted by Crippen LogP contribution is 2.21. The quantitative estimate of drug-likeness (QED) is 0.866. The van der Waals surface area contributed by atoms with Gasteiger partial charge in [0.1, 0.15) is 5.82 Å². The molecule has 2 heterocycles. The average molecular weight is 235 g/mol. The molecule has 1 aliphatic rings. The molecule has 1 aromatic rings. The molecule has 0 unspecified atom stereocenters. The van der Waals surface area contributed by atoms with Gasteiger partial charge >= 0.3 is 0 Å². The number of pyridine rings is 1. The van der Waals surface area contributed by atoms with E-state index in [0.29, 0.717) is 0 Å². The van der Waals surface area contributed by atoms with Crippen LogP contribution >= 0.6 is 0 Å². The van der Waals surface area contributed by atoms with Crippen LogP contribution in [-0.2, 0) is 11.3 Å². The number of morpholine rings is 1. The van der Waals surface area contributed by atoms with Crippen LogP contribution in [0.2, 0.25) is 0 Å². The molecule has 0 spiro atoms. The fourth-order valence-corrected chi connectivity index (χ4v) is 2.07. The summed E-state index contributed by atoms with van der Waals surface area (Å²) in [7, 11) is 1.88. The van der Waals surface area contributed by atoms with Gasteiger partial charge in [0.25, 0.3) is 0 Å². The molecule has 1 fully saturated rings. The van der Waals surface area contributed by atoms with Crippen LogP contribution in [-0.4, -0.2) is 42.2 Å². The van der Waals surface area contributed by atoms with E-state index < -0.39 is 0 Å². The molecule has 1 saturated heterocycles. The largest absolute Gasteiger partial charge is 0.378 e. The smallest absolute Gasteiger partial charge is 0.125 e. The summed E-state index contributed by atoms with van der Waals surface area (Å²) in [6, 6.07) is 4.15. The van der Waals surface area contributed by atoms with Gasteiger partial charge in [-0.2, -0.15) is 0 Å². The zero-order chi connectivity index (χ0) is 12.3. The van der Waals surface area contributed by atoms with E-state index in [1.807, 2.05) is 19.3 Å². The van der Waals surface area contributed by atoms with Crippen LogP contribution in [0, 0.1) is 0 Å². The Hall–Kier alpha value is -1.13.